The normalized spacial score (nSPS) is 24.0. The van der Waals surface area contributed by atoms with Gasteiger partial charge in [-0.05, 0) is 46.2 Å². The second-order valence-electron chi connectivity index (χ2n) is 9.80. The van der Waals surface area contributed by atoms with Crippen LogP contribution in [0.4, 0.5) is 11.4 Å². The van der Waals surface area contributed by atoms with E-state index in [9.17, 15) is 0 Å². The maximum absolute atomic E-state index is 2.60. The molecule has 0 bridgehead atoms. The van der Waals surface area contributed by atoms with Crippen LogP contribution in [-0.4, -0.2) is 6.04 Å². The summed E-state index contributed by atoms with van der Waals surface area (Å²) in [5, 5.41) is 0. The van der Waals surface area contributed by atoms with E-state index in [4.69, 9.17) is 0 Å². The summed E-state index contributed by atoms with van der Waals surface area (Å²) in [5.41, 5.74) is 10.4. The third kappa shape index (κ3) is 2.34. The molecule has 144 valence electrons. The first kappa shape index (κ1) is 17.1. The van der Waals surface area contributed by atoms with Gasteiger partial charge in [-0.25, -0.2) is 0 Å². The molecule has 0 saturated carbocycles. The van der Waals surface area contributed by atoms with Gasteiger partial charge in [0.2, 0.25) is 0 Å². The summed E-state index contributed by atoms with van der Waals surface area (Å²) in [6, 6.07) is 27.6. The molecule has 1 aliphatic carbocycles. The van der Waals surface area contributed by atoms with Gasteiger partial charge >= 0.3 is 0 Å². The Morgan fingerprint density at radius 3 is 2.21 bits per heavy atom. The molecule has 1 nitrogen and oxygen atoms in total. The molecular formula is C28H27N. The predicted octanol–water partition coefficient (Wildman–Crippen LogP) is 7.17. The molecule has 0 radical (unpaired) electrons. The minimum Gasteiger partial charge on any atom is -0.332 e. The molecule has 0 saturated heterocycles. The van der Waals surface area contributed by atoms with Crippen LogP contribution in [-0.2, 0) is 5.41 Å². The molecule has 0 amide bonds. The molecule has 3 aromatic rings. The zero-order valence-electron chi connectivity index (χ0n) is 17.4. The number of nitrogens with zero attached hydrogens (tertiary/aromatic N) is 1. The molecule has 3 aliphatic rings. The van der Waals surface area contributed by atoms with Crippen LogP contribution in [0.3, 0.4) is 0 Å². The second kappa shape index (κ2) is 5.86. The van der Waals surface area contributed by atoms with E-state index in [0.29, 0.717) is 17.9 Å². The van der Waals surface area contributed by atoms with Gasteiger partial charge in [0.15, 0.2) is 0 Å². The molecule has 0 fully saturated rings. The van der Waals surface area contributed by atoms with Gasteiger partial charge in [0.25, 0.3) is 0 Å². The maximum atomic E-state index is 2.60. The monoisotopic (exact) mass is 377 g/mol. The molecule has 3 atom stereocenters. The summed E-state index contributed by atoms with van der Waals surface area (Å²) in [4.78, 5) is 2.60. The second-order valence-corrected chi connectivity index (χ2v) is 9.80. The van der Waals surface area contributed by atoms with Crippen molar-refractivity contribution in [3.8, 4) is 0 Å². The van der Waals surface area contributed by atoms with Crippen molar-refractivity contribution in [2.24, 2.45) is 0 Å². The molecule has 6 rings (SSSR count). The van der Waals surface area contributed by atoms with Crippen molar-refractivity contribution in [3.05, 3.63) is 101 Å². The Hall–Kier alpha value is -2.80. The van der Waals surface area contributed by atoms with Gasteiger partial charge in [-0.15, -0.1) is 0 Å². The fraction of sp³-hybridized carbons (Fsp3) is 0.286. The summed E-state index contributed by atoms with van der Waals surface area (Å²) in [6.07, 6.45) is 3.78. The van der Waals surface area contributed by atoms with Crippen molar-refractivity contribution in [1.82, 2.24) is 0 Å². The molecule has 0 aromatic heterocycles. The van der Waals surface area contributed by atoms with Crippen molar-refractivity contribution < 1.29 is 0 Å². The first-order valence-electron chi connectivity index (χ1n) is 10.8. The Labute approximate surface area is 173 Å². The fourth-order valence-electron chi connectivity index (χ4n) is 5.97. The lowest BCUT2D eigenvalue weighted by Gasteiger charge is -2.34. The Balaban J connectivity index is 1.58. The van der Waals surface area contributed by atoms with E-state index in [0.717, 1.165) is 0 Å². The lowest BCUT2D eigenvalue weighted by Crippen LogP contribution is -2.30. The first-order valence-corrected chi connectivity index (χ1v) is 10.8. The van der Waals surface area contributed by atoms with Crippen molar-refractivity contribution in [2.45, 2.75) is 50.5 Å². The van der Waals surface area contributed by atoms with E-state index in [1.54, 1.807) is 0 Å². The molecule has 2 heterocycles. The Morgan fingerprint density at radius 2 is 1.41 bits per heavy atom. The minimum absolute atomic E-state index is 0.152. The van der Waals surface area contributed by atoms with E-state index in [1.807, 2.05) is 0 Å². The summed E-state index contributed by atoms with van der Waals surface area (Å²) < 4.78 is 0. The van der Waals surface area contributed by atoms with Gasteiger partial charge in [-0.1, -0.05) is 87.5 Å². The third-order valence-corrected chi connectivity index (χ3v) is 7.11. The van der Waals surface area contributed by atoms with Crippen LogP contribution in [0.5, 0.6) is 0 Å². The van der Waals surface area contributed by atoms with Crippen LogP contribution in [0.2, 0.25) is 0 Å². The average molecular weight is 378 g/mol. The summed E-state index contributed by atoms with van der Waals surface area (Å²) in [6.45, 7) is 7.01. The van der Waals surface area contributed by atoms with Crippen LogP contribution >= 0.6 is 0 Å². The van der Waals surface area contributed by atoms with E-state index in [1.165, 1.54) is 45.6 Å². The highest BCUT2D eigenvalue weighted by molar-refractivity contribution is 5.96. The van der Waals surface area contributed by atoms with E-state index < -0.39 is 0 Å². The summed E-state index contributed by atoms with van der Waals surface area (Å²) in [7, 11) is 0. The number of fused-ring (bicyclic) bond motifs is 6. The lowest BCUT2D eigenvalue weighted by atomic mass is 9.71. The standard InChI is InChI=1S/C28H27N/c1-28(2,3)24-13-7-4-10-19(24)18-16-22-20-11-5-8-14-25(20)29-26-15-9-6-12-21(26)23(17-18)27(22)29/h4-16,18,23,27H,17H2,1-3H3. The predicted molar refractivity (Wildman–Crippen MR) is 122 cm³/mol. The van der Waals surface area contributed by atoms with Gasteiger partial charge in [0.1, 0.15) is 0 Å². The number of rotatable bonds is 1. The SMILES string of the molecule is CC(C)(C)c1ccccc1C1C=C2c3ccccc3N3c4ccccc4C(C1)C23. The third-order valence-electron chi connectivity index (χ3n) is 7.11. The highest BCUT2D eigenvalue weighted by Gasteiger charge is 2.49. The van der Waals surface area contributed by atoms with Crippen molar-refractivity contribution >= 4 is 16.9 Å². The quantitative estimate of drug-likeness (QED) is 0.434. The van der Waals surface area contributed by atoms with Crippen LogP contribution < -0.4 is 4.90 Å². The van der Waals surface area contributed by atoms with Gasteiger partial charge in [0, 0.05) is 28.8 Å². The average Bonchev–Trinajstić information content (AvgIpc) is 3.24. The number of para-hydroxylation sites is 2. The summed E-state index contributed by atoms with van der Waals surface area (Å²) >= 11 is 0. The highest BCUT2D eigenvalue weighted by Crippen LogP contribution is 2.61. The first-order chi connectivity index (χ1) is 14.0. The largest absolute Gasteiger partial charge is 0.332 e. The van der Waals surface area contributed by atoms with E-state index >= 15 is 0 Å². The molecular weight excluding hydrogens is 350 g/mol. The van der Waals surface area contributed by atoms with Crippen molar-refractivity contribution in [2.75, 3.05) is 4.90 Å². The zero-order chi connectivity index (χ0) is 19.8. The van der Waals surface area contributed by atoms with Gasteiger partial charge in [-0.2, -0.15) is 0 Å². The molecule has 3 aromatic carbocycles. The molecule has 2 aliphatic heterocycles. The van der Waals surface area contributed by atoms with Gasteiger partial charge < -0.3 is 4.90 Å². The number of allylic oxidation sites excluding steroid dienone is 1. The highest BCUT2D eigenvalue weighted by atomic mass is 15.2. The molecule has 3 unspecified atom stereocenters. The van der Waals surface area contributed by atoms with Gasteiger partial charge in [0.05, 0.1) is 6.04 Å². The smallest absolute Gasteiger partial charge is 0.0665 e. The van der Waals surface area contributed by atoms with Gasteiger partial charge in [-0.3, -0.25) is 0 Å². The number of hydrogen-bond donors (Lipinski definition) is 0. The van der Waals surface area contributed by atoms with Crippen molar-refractivity contribution in [3.63, 3.8) is 0 Å². The van der Waals surface area contributed by atoms with Crippen LogP contribution in [0.15, 0.2) is 78.9 Å². The maximum Gasteiger partial charge on any atom is 0.0665 e. The Kier molecular flexibility index (Phi) is 3.45. The Bertz CT molecular complexity index is 1150. The topological polar surface area (TPSA) is 3.24 Å². The fourth-order valence-corrected chi connectivity index (χ4v) is 5.97. The molecule has 0 N–H and O–H groups in total. The molecule has 29 heavy (non-hydrogen) atoms. The number of anilines is 2. The lowest BCUT2D eigenvalue weighted by molar-refractivity contribution is 0.530. The molecule has 0 spiro atoms. The van der Waals surface area contributed by atoms with E-state index in [-0.39, 0.29) is 5.41 Å². The summed E-state index contributed by atoms with van der Waals surface area (Å²) in [5.74, 6) is 1.01. The van der Waals surface area contributed by atoms with Crippen LogP contribution in [0.25, 0.3) is 5.57 Å². The van der Waals surface area contributed by atoms with E-state index in [2.05, 4.69) is 105 Å². The number of hydrogen-bond acceptors (Lipinski definition) is 1. The van der Waals surface area contributed by atoms with Crippen LogP contribution in [0.1, 0.15) is 61.3 Å². The molecule has 1 heteroatoms. The van der Waals surface area contributed by atoms with Crippen molar-refractivity contribution in [1.29, 1.82) is 0 Å². The van der Waals surface area contributed by atoms with Crippen LogP contribution in [0, 0.1) is 0 Å². The zero-order valence-corrected chi connectivity index (χ0v) is 17.4. The Morgan fingerprint density at radius 1 is 0.759 bits per heavy atom. The minimum atomic E-state index is 0.152. The number of benzene rings is 3.